The van der Waals surface area contributed by atoms with Crippen LogP contribution in [0.3, 0.4) is 0 Å². The molecule has 5 aliphatic carbocycles. The van der Waals surface area contributed by atoms with Crippen LogP contribution in [0.1, 0.15) is 77.6 Å². The van der Waals surface area contributed by atoms with Crippen LogP contribution in [0.15, 0.2) is 36.5 Å². The number of amides is 1. The zero-order valence-corrected chi connectivity index (χ0v) is 20.1. The minimum Gasteiger partial charge on any atom is -0.353 e. The number of nitrogens with two attached hydrogens (primary N) is 1. The van der Waals surface area contributed by atoms with Gasteiger partial charge in [-0.15, -0.1) is 11.6 Å². The van der Waals surface area contributed by atoms with Crippen molar-refractivity contribution < 1.29 is 4.79 Å². The summed E-state index contributed by atoms with van der Waals surface area (Å²) in [6, 6.07) is 0.320. The predicted octanol–water partition coefficient (Wildman–Crippen LogP) is 5.89. The van der Waals surface area contributed by atoms with E-state index in [0.29, 0.717) is 29.7 Å². The third-order valence-electron chi connectivity index (χ3n) is 9.09. The van der Waals surface area contributed by atoms with Gasteiger partial charge in [0.25, 0.3) is 0 Å². The van der Waals surface area contributed by atoms with E-state index in [4.69, 9.17) is 17.3 Å². The largest absolute Gasteiger partial charge is 0.353 e. The molecule has 5 saturated carbocycles. The number of allylic oxidation sites excluding steroid dienone is 5. The number of carbonyl (C=O) groups is 1. The molecule has 0 aromatic rings. The van der Waals surface area contributed by atoms with E-state index in [1.165, 1.54) is 18.4 Å². The summed E-state index contributed by atoms with van der Waals surface area (Å²) in [6.45, 7) is 7.35. The second kappa shape index (κ2) is 9.06. The summed E-state index contributed by atoms with van der Waals surface area (Å²) in [7, 11) is 0. The Bertz CT molecular complexity index is 752. The molecule has 2 unspecified atom stereocenters. The van der Waals surface area contributed by atoms with Gasteiger partial charge in [-0.1, -0.05) is 30.9 Å². The molecule has 4 bridgehead atoms. The molecule has 0 radical (unpaired) electrons. The summed E-state index contributed by atoms with van der Waals surface area (Å²) < 4.78 is 0. The highest BCUT2D eigenvalue weighted by Crippen LogP contribution is 2.72. The lowest BCUT2D eigenvalue weighted by atomic mass is 9.37. The van der Waals surface area contributed by atoms with Crippen LogP contribution in [0, 0.1) is 28.1 Å². The minimum atomic E-state index is -0.242. The van der Waals surface area contributed by atoms with Crippen molar-refractivity contribution in [1.82, 2.24) is 5.32 Å². The molecule has 4 heteroatoms. The van der Waals surface area contributed by atoms with Crippen LogP contribution >= 0.6 is 11.6 Å². The second-order valence-electron chi connectivity index (χ2n) is 11.3. The molecule has 3 nitrogen and oxygen atoms in total. The molecule has 5 fully saturated rings. The average molecular weight is 445 g/mol. The standard InChI is InChI=1S/C27H41ClN2O/c1-3-4-5-6-20(2)26-14-22-13-25(17-26,11-12-28)18-27(15-22,19-26)24(31)30-23-9-7-21(16-29)8-10-23/h3-6,21-23H,2,7-19,29H2,1H3,(H,30,31)/b4-3-,6-5-/t21?,22?,23?,25-,26-,27?/m1/s1. The Morgan fingerprint density at radius 1 is 1.10 bits per heavy atom. The number of carbonyl (C=O) groups excluding carboxylic acids is 1. The summed E-state index contributed by atoms with van der Waals surface area (Å²) in [5.74, 6) is 2.26. The SMILES string of the molecule is C=C(/C=C\C=C/C)[C@]12CC3CC(C(=O)NC4CCC(CN)CC4)(C[C@](CCCl)(C3)C1)C2. The molecule has 1 amide bonds. The van der Waals surface area contributed by atoms with Crippen molar-refractivity contribution in [3.05, 3.63) is 36.5 Å². The first-order chi connectivity index (χ1) is 14.9. The highest BCUT2D eigenvalue weighted by molar-refractivity contribution is 6.17. The van der Waals surface area contributed by atoms with E-state index in [9.17, 15) is 4.79 Å². The van der Waals surface area contributed by atoms with E-state index in [0.717, 1.165) is 64.3 Å². The topological polar surface area (TPSA) is 55.1 Å². The smallest absolute Gasteiger partial charge is 0.226 e. The van der Waals surface area contributed by atoms with Gasteiger partial charge in [0.15, 0.2) is 0 Å². The van der Waals surface area contributed by atoms with Crippen molar-refractivity contribution in [2.24, 2.45) is 33.8 Å². The third kappa shape index (κ3) is 4.42. The van der Waals surface area contributed by atoms with Gasteiger partial charge in [0.05, 0.1) is 5.41 Å². The van der Waals surface area contributed by atoms with Crippen molar-refractivity contribution >= 4 is 17.5 Å². The highest BCUT2D eigenvalue weighted by Gasteiger charge is 2.65. The van der Waals surface area contributed by atoms with Crippen LogP contribution < -0.4 is 11.1 Å². The maximum absolute atomic E-state index is 13.9. The maximum atomic E-state index is 13.9. The van der Waals surface area contributed by atoms with Gasteiger partial charge in [-0.25, -0.2) is 0 Å². The van der Waals surface area contributed by atoms with E-state index in [2.05, 4.69) is 30.1 Å². The Morgan fingerprint density at radius 2 is 1.81 bits per heavy atom. The van der Waals surface area contributed by atoms with Crippen molar-refractivity contribution in [3.8, 4) is 0 Å². The normalized spacial score (nSPS) is 41.8. The zero-order valence-electron chi connectivity index (χ0n) is 19.3. The number of nitrogens with one attached hydrogen (secondary N) is 1. The van der Waals surface area contributed by atoms with E-state index >= 15 is 0 Å². The monoisotopic (exact) mass is 444 g/mol. The molecule has 0 spiro atoms. The minimum absolute atomic E-state index is 0.0537. The lowest BCUT2D eigenvalue weighted by molar-refractivity contribution is -0.170. The predicted molar refractivity (Wildman–Crippen MR) is 130 cm³/mol. The summed E-state index contributed by atoms with van der Waals surface area (Å²) >= 11 is 6.32. The van der Waals surface area contributed by atoms with Gasteiger partial charge in [-0.05, 0) is 112 Å². The third-order valence-corrected chi connectivity index (χ3v) is 9.28. The molecule has 0 aromatic heterocycles. The molecule has 0 aliphatic heterocycles. The van der Waals surface area contributed by atoms with Gasteiger partial charge in [0, 0.05) is 11.9 Å². The quantitative estimate of drug-likeness (QED) is 0.362. The zero-order chi connectivity index (χ0) is 22.1. The van der Waals surface area contributed by atoms with Gasteiger partial charge >= 0.3 is 0 Å². The van der Waals surface area contributed by atoms with Crippen LogP contribution in [0.4, 0.5) is 0 Å². The first-order valence-electron chi connectivity index (χ1n) is 12.4. The van der Waals surface area contributed by atoms with E-state index in [-0.39, 0.29) is 16.2 Å². The fraction of sp³-hybridized carbons (Fsp3) is 0.741. The van der Waals surface area contributed by atoms with Crippen LogP contribution in [-0.2, 0) is 4.79 Å². The fourth-order valence-electron chi connectivity index (χ4n) is 8.07. The lowest BCUT2D eigenvalue weighted by Crippen LogP contribution is -2.62. The number of hydrogen-bond donors (Lipinski definition) is 2. The van der Waals surface area contributed by atoms with E-state index < -0.39 is 0 Å². The Hall–Kier alpha value is -1.06. The van der Waals surface area contributed by atoms with Crippen molar-refractivity contribution in [2.75, 3.05) is 12.4 Å². The van der Waals surface area contributed by atoms with Crippen molar-refractivity contribution in [2.45, 2.75) is 83.6 Å². The highest BCUT2D eigenvalue weighted by atomic mass is 35.5. The van der Waals surface area contributed by atoms with Crippen molar-refractivity contribution in [3.63, 3.8) is 0 Å². The van der Waals surface area contributed by atoms with Crippen molar-refractivity contribution in [1.29, 1.82) is 0 Å². The summed E-state index contributed by atoms with van der Waals surface area (Å²) in [6.07, 6.45) is 20.5. The number of rotatable bonds is 8. The Balaban J connectivity index is 1.57. The molecule has 4 atom stereocenters. The van der Waals surface area contributed by atoms with Gasteiger partial charge in [-0.3, -0.25) is 4.79 Å². The van der Waals surface area contributed by atoms with Gasteiger partial charge in [0.2, 0.25) is 5.91 Å². The molecule has 5 rings (SSSR count). The van der Waals surface area contributed by atoms with Gasteiger partial charge in [0.1, 0.15) is 0 Å². The number of hydrogen-bond acceptors (Lipinski definition) is 2. The van der Waals surface area contributed by atoms with Crippen LogP contribution in [-0.4, -0.2) is 24.4 Å². The summed E-state index contributed by atoms with van der Waals surface area (Å²) in [4.78, 5) is 13.9. The Kier molecular flexibility index (Phi) is 6.75. The number of alkyl halides is 1. The molecule has 0 aromatic carbocycles. The van der Waals surface area contributed by atoms with Gasteiger partial charge in [-0.2, -0.15) is 0 Å². The van der Waals surface area contributed by atoms with E-state index in [1.54, 1.807) is 0 Å². The second-order valence-corrected chi connectivity index (χ2v) is 11.7. The fourth-order valence-corrected chi connectivity index (χ4v) is 8.47. The van der Waals surface area contributed by atoms with E-state index in [1.807, 2.05) is 13.0 Å². The lowest BCUT2D eigenvalue weighted by Gasteiger charge is -2.66. The Labute approximate surface area is 193 Å². The Morgan fingerprint density at radius 3 is 2.48 bits per heavy atom. The molecule has 5 aliphatic rings. The summed E-state index contributed by atoms with van der Waals surface area (Å²) in [5.41, 5.74) is 7.10. The molecule has 0 saturated heterocycles. The molecule has 172 valence electrons. The molecule has 0 heterocycles. The average Bonchev–Trinajstić information content (AvgIpc) is 2.73. The molecule has 31 heavy (non-hydrogen) atoms. The molecular formula is C27H41ClN2O. The summed E-state index contributed by atoms with van der Waals surface area (Å²) in [5, 5.41) is 3.52. The van der Waals surface area contributed by atoms with Gasteiger partial charge < -0.3 is 11.1 Å². The first kappa shape index (κ1) is 23.1. The molecular weight excluding hydrogens is 404 g/mol. The first-order valence-corrected chi connectivity index (χ1v) is 13.0. The molecule has 3 N–H and O–H groups in total. The van der Waals surface area contributed by atoms with Crippen LogP contribution in [0.5, 0.6) is 0 Å². The number of halogens is 1. The van der Waals surface area contributed by atoms with Crippen LogP contribution in [0.25, 0.3) is 0 Å². The van der Waals surface area contributed by atoms with Crippen LogP contribution in [0.2, 0.25) is 0 Å². The maximum Gasteiger partial charge on any atom is 0.226 e.